The van der Waals surface area contributed by atoms with Crippen molar-refractivity contribution in [1.82, 2.24) is 14.7 Å². The van der Waals surface area contributed by atoms with Crippen molar-refractivity contribution >= 4 is 6.09 Å². The SMILES string of the molecule is CC(C)(C)OC(=O)N1Cc2cnn(C3CC3)c2C1. The molecule has 5 heteroatoms. The summed E-state index contributed by atoms with van der Waals surface area (Å²) in [6, 6.07) is 0.562. The van der Waals surface area contributed by atoms with Crippen LogP contribution in [0.5, 0.6) is 0 Å². The summed E-state index contributed by atoms with van der Waals surface area (Å²) in [5, 5.41) is 4.41. The maximum atomic E-state index is 12.0. The van der Waals surface area contributed by atoms with Gasteiger partial charge in [0.05, 0.1) is 31.0 Å². The van der Waals surface area contributed by atoms with Crippen molar-refractivity contribution in [2.24, 2.45) is 0 Å². The minimum Gasteiger partial charge on any atom is -0.444 e. The number of amides is 1. The molecule has 0 unspecified atom stereocenters. The summed E-state index contributed by atoms with van der Waals surface area (Å²) in [6.45, 7) is 6.91. The van der Waals surface area contributed by atoms with Gasteiger partial charge in [-0.05, 0) is 33.6 Å². The molecule has 5 nitrogen and oxygen atoms in total. The van der Waals surface area contributed by atoms with Gasteiger partial charge in [0.1, 0.15) is 5.60 Å². The van der Waals surface area contributed by atoms with E-state index < -0.39 is 5.60 Å². The Labute approximate surface area is 107 Å². The fraction of sp³-hybridized carbons (Fsp3) is 0.692. The van der Waals surface area contributed by atoms with E-state index in [1.165, 1.54) is 18.5 Å². The Kier molecular flexibility index (Phi) is 2.40. The lowest BCUT2D eigenvalue weighted by molar-refractivity contribution is 0.0238. The smallest absolute Gasteiger partial charge is 0.410 e. The number of hydrogen-bond donors (Lipinski definition) is 0. The van der Waals surface area contributed by atoms with Gasteiger partial charge in [-0.2, -0.15) is 5.10 Å². The van der Waals surface area contributed by atoms with Crippen molar-refractivity contribution in [3.8, 4) is 0 Å². The molecule has 1 aromatic heterocycles. The van der Waals surface area contributed by atoms with E-state index in [0.29, 0.717) is 19.1 Å². The average Bonchev–Trinajstić information content (AvgIpc) is 2.87. The lowest BCUT2D eigenvalue weighted by Crippen LogP contribution is -2.33. The van der Waals surface area contributed by atoms with Crippen molar-refractivity contribution in [3.05, 3.63) is 17.5 Å². The molecule has 1 amide bonds. The maximum Gasteiger partial charge on any atom is 0.410 e. The molecule has 3 rings (SSSR count). The Morgan fingerprint density at radius 1 is 1.39 bits per heavy atom. The molecule has 0 atom stereocenters. The second-order valence-electron chi connectivity index (χ2n) is 6.13. The van der Waals surface area contributed by atoms with E-state index in [-0.39, 0.29) is 6.09 Å². The number of ether oxygens (including phenoxy) is 1. The molecule has 0 spiro atoms. The van der Waals surface area contributed by atoms with Crippen molar-refractivity contribution in [2.75, 3.05) is 0 Å². The van der Waals surface area contributed by atoms with Crippen molar-refractivity contribution in [1.29, 1.82) is 0 Å². The fourth-order valence-electron chi connectivity index (χ4n) is 2.26. The summed E-state index contributed by atoms with van der Waals surface area (Å²) >= 11 is 0. The zero-order valence-electron chi connectivity index (χ0n) is 11.1. The van der Waals surface area contributed by atoms with E-state index >= 15 is 0 Å². The lowest BCUT2D eigenvalue weighted by Gasteiger charge is -2.24. The first kappa shape index (κ1) is 11.6. The number of hydrogen-bond acceptors (Lipinski definition) is 3. The summed E-state index contributed by atoms with van der Waals surface area (Å²) in [5.74, 6) is 0. The van der Waals surface area contributed by atoms with Crippen LogP contribution in [0.15, 0.2) is 6.20 Å². The summed E-state index contributed by atoms with van der Waals surface area (Å²) < 4.78 is 7.48. The van der Waals surface area contributed by atoms with Crippen LogP contribution in [-0.4, -0.2) is 26.4 Å². The minimum absolute atomic E-state index is 0.235. The lowest BCUT2D eigenvalue weighted by atomic mass is 10.2. The largest absolute Gasteiger partial charge is 0.444 e. The highest BCUT2D eigenvalue weighted by Crippen LogP contribution is 2.38. The molecule has 1 aliphatic carbocycles. The molecule has 1 aromatic rings. The highest BCUT2D eigenvalue weighted by Gasteiger charge is 2.34. The fourth-order valence-corrected chi connectivity index (χ4v) is 2.26. The molecule has 0 N–H and O–H groups in total. The first-order chi connectivity index (χ1) is 8.44. The van der Waals surface area contributed by atoms with Gasteiger partial charge in [-0.1, -0.05) is 0 Å². The van der Waals surface area contributed by atoms with Crippen LogP contribution in [0.25, 0.3) is 0 Å². The third-order valence-corrected chi connectivity index (χ3v) is 3.23. The first-order valence-electron chi connectivity index (χ1n) is 6.47. The van der Waals surface area contributed by atoms with Crippen LogP contribution in [0.4, 0.5) is 4.79 Å². The van der Waals surface area contributed by atoms with E-state index in [0.717, 1.165) is 5.56 Å². The summed E-state index contributed by atoms with van der Waals surface area (Å²) in [7, 11) is 0. The zero-order valence-corrected chi connectivity index (χ0v) is 11.1. The van der Waals surface area contributed by atoms with Crippen LogP contribution in [0, 0.1) is 0 Å². The summed E-state index contributed by atoms with van der Waals surface area (Å²) in [4.78, 5) is 13.7. The van der Waals surface area contributed by atoms with E-state index in [1.54, 1.807) is 4.90 Å². The summed E-state index contributed by atoms with van der Waals surface area (Å²) in [5.41, 5.74) is 1.91. The number of nitrogens with zero attached hydrogens (tertiary/aromatic N) is 3. The van der Waals surface area contributed by atoms with E-state index in [1.807, 2.05) is 27.0 Å². The predicted octanol–water partition coefficient (Wildman–Crippen LogP) is 2.47. The second-order valence-corrected chi connectivity index (χ2v) is 6.13. The van der Waals surface area contributed by atoms with Gasteiger partial charge in [0.25, 0.3) is 0 Å². The third kappa shape index (κ3) is 2.09. The Bertz CT molecular complexity index is 483. The molecule has 0 radical (unpaired) electrons. The summed E-state index contributed by atoms with van der Waals surface area (Å²) in [6.07, 6.45) is 4.07. The molecule has 1 aliphatic heterocycles. The molecule has 2 aliphatic rings. The number of fused-ring (bicyclic) bond motifs is 1. The van der Waals surface area contributed by atoms with Crippen molar-refractivity contribution in [3.63, 3.8) is 0 Å². The Balaban J connectivity index is 1.71. The van der Waals surface area contributed by atoms with Gasteiger partial charge >= 0.3 is 6.09 Å². The second kappa shape index (κ2) is 3.73. The molecule has 18 heavy (non-hydrogen) atoms. The molecule has 1 saturated carbocycles. The number of aromatic nitrogens is 2. The van der Waals surface area contributed by atoms with Crippen LogP contribution in [0.3, 0.4) is 0 Å². The van der Waals surface area contributed by atoms with Gasteiger partial charge in [0.2, 0.25) is 0 Å². The molecule has 0 saturated heterocycles. The van der Waals surface area contributed by atoms with Gasteiger partial charge in [-0.25, -0.2) is 4.79 Å². The Hall–Kier alpha value is -1.52. The standard InChI is InChI=1S/C13H19N3O2/c1-13(2,3)18-12(17)15-7-9-6-14-16(10-4-5-10)11(9)8-15/h6,10H,4-5,7-8H2,1-3H3. The monoisotopic (exact) mass is 249 g/mol. The minimum atomic E-state index is -0.436. The van der Waals surface area contributed by atoms with Crippen LogP contribution in [0.1, 0.15) is 50.9 Å². The molecular formula is C13H19N3O2. The normalized spacial score (nSPS) is 18.9. The van der Waals surface area contributed by atoms with E-state index in [2.05, 4.69) is 9.78 Å². The van der Waals surface area contributed by atoms with Gasteiger partial charge in [0, 0.05) is 5.56 Å². The van der Waals surface area contributed by atoms with E-state index in [9.17, 15) is 4.79 Å². The van der Waals surface area contributed by atoms with Crippen molar-refractivity contribution < 1.29 is 9.53 Å². The average molecular weight is 249 g/mol. The highest BCUT2D eigenvalue weighted by molar-refractivity contribution is 5.69. The van der Waals surface area contributed by atoms with Crippen LogP contribution in [-0.2, 0) is 17.8 Å². The maximum absolute atomic E-state index is 12.0. The molecule has 0 aromatic carbocycles. The number of carbonyl (C=O) groups excluding carboxylic acids is 1. The third-order valence-electron chi connectivity index (χ3n) is 3.23. The number of rotatable bonds is 1. The molecule has 0 bridgehead atoms. The molecule has 1 fully saturated rings. The number of carbonyl (C=O) groups is 1. The zero-order chi connectivity index (χ0) is 12.9. The van der Waals surface area contributed by atoms with Crippen molar-refractivity contribution in [2.45, 2.75) is 58.3 Å². The Morgan fingerprint density at radius 2 is 2.11 bits per heavy atom. The van der Waals surface area contributed by atoms with Gasteiger partial charge in [-0.15, -0.1) is 0 Å². The van der Waals surface area contributed by atoms with Gasteiger partial charge in [-0.3, -0.25) is 9.58 Å². The van der Waals surface area contributed by atoms with Crippen LogP contribution in [0.2, 0.25) is 0 Å². The molecule has 98 valence electrons. The van der Waals surface area contributed by atoms with Crippen LogP contribution < -0.4 is 0 Å². The van der Waals surface area contributed by atoms with Crippen LogP contribution >= 0.6 is 0 Å². The highest BCUT2D eigenvalue weighted by atomic mass is 16.6. The van der Waals surface area contributed by atoms with Gasteiger partial charge < -0.3 is 4.74 Å². The first-order valence-corrected chi connectivity index (χ1v) is 6.47. The molecular weight excluding hydrogens is 230 g/mol. The quantitative estimate of drug-likeness (QED) is 0.768. The Morgan fingerprint density at radius 3 is 2.72 bits per heavy atom. The molecule has 2 heterocycles. The topological polar surface area (TPSA) is 47.4 Å². The van der Waals surface area contributed by atoms with Gasteiger partial charge in [0.15, 0.2) is 0 Å². The van der Waals surface area contributed by atoms with E-state index in [4.69, 9.17) is 4.74 Å². The predicted molar refractivity (Wildman–Crippen MR) is 66.0 cm³/mol.